The van der Waals surface area contributed by atoms with Gasteiger partial charge in [0.2, 0.25) is 0 Å². The SMILES string of the molecule is Brc1cncc(N2CCC[C@@H](C3OCCO3)C2)c1. The second kappa shape index (κ2) is 5.55. The minimum absolute atomic E-state index is 0.00656. The van der Waals surface area contributed by atoms with E-state index < -0.39 is 0 Å². The Labute approximate surface area is 115 Å². The third-order valence-corrected chi connectivity index (χ3v) is 3.98. The van der Waals surface area contributed by atoms with Gasteiger partial charge in [-0.1, -0.05) is 0 Å². The van der Waals surface area contributed by atoms with Crippen molar-refractivity contribution in [3.63, 3.8) is 0 Å². The van der Waals surface area contributed by atoms with Crippen LogP contribution in [0.15, 0.2) is 22.9 Å². The second-order valence-electron chi connectivity index (χ2n) is 4.82. The zero-order valence-corrected chi connectivity index (χ0v) is 11.8. The lowest BCUT2D eigenvalue weighted by Gasteiger charge is -2.36. The van der Waals surface area contributed by atoms with E-state index in [2.05, 4.69) is 31.9 Å². The van der Waals surface area contributed by atoms with E-state index in [4.69, 9.17) is 9.47 Å². The summed E-state index contributed by atoms with van der Waals surface area (Å²) in [6.07, 6.45) is 6.09. The molecule has 98 valence electrons. The molecular weight excluding hydrogens is 296 g/mol. The molecular formula is C13H17BrN2O2. The van der Waals surface area contributed by atoms with Gasteiger partial charge in [-0.3, -0.25) is 4.98 Å². The van der Waals surface area contributed by atoms with Crippen molar-refractivity contribution in [1.82, 2.24) is 4.98 Å². The average Bonchev–Trinajstić information content (AvgIpc) is 2.93. The Morgan fingerprint density at radius 1 is 1.28 bits per heavy atom. The van der Waals surface area contributed by atoms with Gasteiger partial charge in [0.1, 0.15) is 0 Å². The lowest BCUT2D eigenvalue weighted by molar-refractivity contribution is -0.0858. The highest BCUT2D eigenvalue weighted by Crippen LogP contribution is 2.28. The molecule has 18 heavy (non-hydrogen) atoms. The minimum atomic E-state index is -0.00656. The number of pyridine rings is 1. The molecule has 5 heteroatoms. The van der Waals surface area contributed by atoms with Gasteiger partial charge in [0.15, 0.2) is 6.29 Å². The van der Waals surface area contributed by atoms with Gasteiger partial charge >= 0.3 is 0 Å². The maximum absolute atomic E-state index is 5.63. The Balaban J connectivity index is 1.69. The quantitative estimate of drug-likeness (QED) is 0.840. The Morgan fingerprint density at radius 3 is 2.89 bits per heavy atom. The number of anilines is 1. The van der Waals surface area contributed by atoms with E-state index in [1.165, 1.54) is 18.5 Å². The van der Waals surface area contributed by atoms with Crippen LogP contribution in [-0.4, -0.2) is 37.6 Å². The van der Waals surface area contributed by atoms with Crippen molar-refractivity contribution in [3.8, 4) is 0 Å². The molecule has 0 N–H and O–H groups in total. The van der Waals surface area contributed by atoms with E-state index in [0.717, 1.165) is 30.8 Å². The normalized spacial score (nSPS) is 25.6. The van der Waals surface area contributed by atoms with Crippen LogP contribution in [0, 0.1) is 5.92 Å². The highest BCUT2D eigenvalue weighted by Gasteiger charge is 2.31. The molecule has 2 aliphatic rings. The molecule has 0 aromatic carbocycles. The van der Waals surface area contributed by atoms with Crippen molar-refractivity contribution in [2.24, 2.45) is 5.92 Å². The van der Waals surface area contributed by atoms with E-state index >= 15 is 0 Å². The van der Waals surface area contributed by atoms with Crippen LogP contribution in [0.3, 0.4) is 0 Å². The van der Waals surface area contributed by atoms with Crippen LogP contribution >= 0.6 is 15.9 Å². The van der Waals surface area contributed by atoms with Gasteiger partial charge in [-0.25, -0.2) is 0 Å². The van der Waals surface area contributed by atoms with E-state index in [-0.39, 0.29) is 6.29 Å². The summed E-state index contributed by atoms with van der Waals surface area (Å²) >= 11 is 3.47. The molecule has 4 nitrogen and oxygen atoms in total. The molecule has 0 unspecified atom stereocenters. The van der Waals surface area contributed by atoms with Crippen LogP contribution in [0.5, 0.6) is 0 Å². The number of hydrogen-bond donors (Lipinski definition) is 0. The summed E-state index contributed by atoms with van der Waals surface area (Å²) < 4.78 is 12.3. The molecule has 0 aliphatic carbocycles. The molecule has 3 rings (SSSR count). The zero-order valence-electron chi connectivity index (χ0n) is 10.2. The molecule has 0 radical (unpaired) electrons. The lowest BCUT2D eigenvalue weighted by atomic mass is 9.97. The smallest absolute Gasteiger partial charge is 0.162 e. The third-order valence-electron chi connectivity index (χ3n) is 3.55. The van der Waals surface area contributed by atoms with E-state index in [1.807, 2.05) is 12.4 Å². The fourth-order valence-corrected chi connectivity index (χ4v) is 3.04. The largest absolute Gasteiger partial charge is 0.370 e. The number of rotatable bonds is 2. The summed E-state index contributed by atoms with van der Waals surface area (Å²) in [6, 6.07) is 2.12. The first-order valence-electron chi connectivity index (χ1n) is 6.41. The van der Waals surface area contributed by atoms with Crippen LogP contribution in [0.1, 0.15) is 12.8 Å². The summed E-state index contributed by atoms with van der Waals surface area (Å²) in [7, 11) is 0. The van der Waals surface area contributed by atoms with Gasteiger partial charge in [0.05, 0.1) is 25.1 Å². The summed E-state index contributed by atoms with van der Waals surface area (Å²) in [4.78, 5) is 6.60. The van der Waals surface area contributed by atoms with Crippen LogP contribution in [0.4, 0.5) is 5.69 Å². The second-order valence-corrected chi connectivity index (χ2v) is 5.74. The van der Waals surface area contributed by atoms with Crippen LogP contribution < -0.4 is 4.90 Å². The van der Waals surface area contributed by atoms with Crippen molar-refractivity contribution in [2.45, 2.75) is 19.1 Å². The molecule has 3 heterocycles. The van der Waals surface area contributed by atoms with Crippen molar-refractivity contribution in [2.75, 3.05) is 31.2 Å². The summed E-state index contributed by atoms with van der Waals surface area (Å²) in [5.74, 6) is 0.472. The van der Waals surface area contributed by atoms with E-state index in [0.29, 0.717) is 5.92 Å². The van der Waals surface area contributed by atoms with Crippen molar-refractivity contribution in [1.29, 1.82) is 0 Å². The zero-order chi connectivity index (χ0) is 12.4. The predicted octanol–water partition coefficient (Wildman–Crippen LogP) is 2.43. The van der Waals surface area contributed by atoms with Gasteiger partial charge in [0.25, 0.3) is 0 Å². The molecule has 0 amide bonds. The van der Waals surface area contributed by atoms with Crippen LogP contribution in [0.25, 0.3) is 0 Å². The summed E-state index contributed by atoms with van der Waals surface area (Å²) in [5, 5.41) is 0. The number of nitrogens with zero attached hydrogens (tertiary/aromatic N) is 2. The molecule has 0 saturated carbocycles. The molecule has 2 aliphatic heterocycles. The summed E-state index contributed by atoms with van der Waals surface area (Å²) in [6.45, 7) is 3.55. The molecule has 0 bridgehead atoms. The van der Waals surface area contributed by atoms with Gasteiger partial charge in [-0.15, -0.1) is 0 Å². The minimum Gasteiger partial charge on any atom is -0.370 e. The van der Waals surface area contributed by atoms with Crippen molar-refractivity contribution in [3.05, 3.63) is 22.9 Å². The predicted molar refractivity (Wildman–Crippen MR) is 72.6 cm³/mol. The van der Waals surface area contributed by atoms with Crippen LogP contribution in [-0.2, 0) is 9.47 Å². The molecule has 2 saturated heterocycles. The summed E-state index contributed by atoms with van der Waals surface area (Å²) in [5.41, 5.74) is 1.17. The van der Waals surface area contributed by atoms with E-state index in [9.17, 15) is 0 Å². The Hall–Kier alpha value is -0.650. The first-order valence-corrected chi connectivity index (χ1v) is 7.21. The molecule has 1 aromatic rings. The Kier molecular flexibility index (Phi) is 3.82. The fraction of sp³-hybridized carbons (Fsp3) is 0.615. The first-order chi connectivity index (χ1) is 8.83. The molecule has 1 atom stereocenters. The molecule has 2 fully saturated rings. The maximum atomic E-state index is 5.63. The fourth-order valence-electron chi connectivity index (χ4n) is 2.69. The van der Waals surface area contributed by atoms with Crippen LogP contribution in [0.2, 0.25) is 0 Å². The first kappa shape index (κ1) is 12.4. The number of aromatic nitrogens is 1. The molecule has 0 spiro atoms. The van der Waals surface area contributed by atoms with Gasteiger partial charge < -0.3 is 14.4 Å². The number of piperidine rings is 1. The van der Waals surface area contributed by atoms with Gasteiger partial charge in [0, 0.05) is 29.7 Å². The van der Waals surface area contributed by atoms with Gasteiger partial charge in [-0.05, 0) is 34.8 Å². The highest BCUT2D eigenvalue weighted by atomic mass is 79.9. The topological polar surface area (TPSA) is 34.6 Å². The standard InChI is InChI=1S/C13H17BrN2O2/c14-11-6-12(8-15-7-11)16-3-1-2-10(9-16)13-17-4-5-18-13/h6-8,10,13H,1-5,9H2/t10-/m1/s1. The number of halogens is 1. The Bertz CT molecular complexity index is 410. The van der Waals surface area contributed by atoms with Gasteiger partial charge in [-0.2, -0.15) is 0 Å². The maximum Gasteiger partial charge on any atom is 0.162 e. The third kappa shape index (κ3) is 2.68. The Morgan fingerprint density at radius 2 is 2.11 bits per heavy atom. The lowest BCUT2D eigenvalue weighted by Crippen LogP contribution is -2.40. The van der Waals surface area contributed by atoms with Crippen molar-refractivity contribution < 1.29 is 9.47 Å². The average molecular weight is 313 g/mol. The number of hydrogen-bond acceptors (Lipinski definition) is 4. The molecule has 1 aromatic heterocycles. The van der Waals surface area contributed by atoms with E-state index in [1.54, 1.807) is 0 Å². The monoisotopic (exact) mass is 312 g/mol. The number of ether oxygens (including phenoxy) is 2. The van der Waals surface area contributed by atoms with Crippen molar-refractivity contribution >= 4 is 21.6 Å². The highest BCUT2D eigenvalue weighted by molar-refractivity contribution is 9.10.